The predicted molar refractivity (Wildman–Crippen MR) is 161 cm³/mol. The minimum absolute atomic E-state index is 0.0483. The van der Waals surface area contributed by atoms with Crippen LogP contribution in [0.4, 0.5) is 5.69 Å². The van der Waals surface area contributed by atoms with Crippen molar-refractivity contribution in [3.8, 4) is 0 Å². The van der Waals surface area contributed by atoms with Crippen molar-refractivity contribution in [2.24, 2.45) is 0 Å². The third kappa shape index (κ3) is 7.20. The monoisotopic (exact) mass is 539 g/mol. The Morgan fingerprint density at radius 1 is 0.949 bits per heavy atom. The number of anilines is 1. The van der Waals surface area contributed by atoms with E-state index in [0.717, 1.165) is 40.2 Å². The van der Waals surface area contributed by atoms with E-state index in [1.165, 1.54) is 50.5 Å². The van der Waals surface area contributed by atoms with Gasteiger partial charge in [-0.05, 0) is 81.2 Å². The number of carbonyl (C=O) groups excluding carboxylic acids is 2. The van der Waals surface area contributed by atoms with Crippen molar-refractivity contribution >= 4 is 35.3 Å². The smallest absolute Gasteiger partial charge is 0.265 e. The number of hydrogen-bond donors (Lipinski definition) is 1. The molecule has 0 aliphatic carbocycles. The number of carbonyl (C=O) groups is 2. The molecule has 0 saturated carbocycles. The maximum Gasteiger partial charge on any atom is 0.265 e. The topological polar surface area (TPSA) is 52.7 Å². The van der Waals surface area contributed by atoms with Gasteiger partial charge in [-0.1, -0.05) is 84.8 Å². The molecule has 1 fully saturated rings. The summed E-state index contributed by atoms with van der Waals surface area (Å²) in [6.07, 6.45) is 8.11. The summed E-state index contributed by atoms with van der Waals surface area (Å²) in [7, 11) is 0. The zero-order valence-electron chi connectivity index (χ0n) is 22.7. The highest BCUT2D eigenvalue weighted by atomic mass is 32.2. The average molecular weight is 540 g/mol. The SMILES string of the molecule is Cc1cccc(CN2C(=O)/C(=C/c3ccccc3)Sc3ccc(C(=O)NCCCN4CCCCCC4)cc32)c1. The van der Waals surface area contributed by atoms with Crippen LogP contribution in [0.25, 0.3) is 6.08 Å². The molecule has 1 saturated heterocycles. The summed E-state index contributed by atoms with van der Waals surface area (Å²) >= 11 is 1.47. The quantitative estimate of drug-likeness (QED) is 0.257. The van der Waals surface area contributed by atoms with Crippen LogP contribution in [-0.4, -0.2) is 42.9 Å². The van der Waals surface area contributed by atoms with E-state index in [2.05, 4.69) is 29.3 Å². The molecule has 0 bridgehead atoms. The van der Waals surface area contributed by atoms with E-state index >= 15 is 0 Å². The van der Waals surface area contributed by atoms with Crippen molar-refractivity contribution in [1.29, 1.82) is 0 Å². The van der Waals surface area contributed by atoms with Crippen LogP contribution >= 0.6 is 11.8 Å². The second kappa shape index (κ2) is 13.1. The highest BCUT2D eigenvalue weighted by Crippen LogP contribution is 2.43. The first-order valence-electron chi connectivity index (χ1n) is 14.0. The van der Waals surface area contributed by atoms with Crippen molar-refractivity contribution in [3.05, 3.63) is 100.0 Å². The second-order valence-corrected chi connectivity index (χ2v) is 11.5. The zero-order valence-corrected chi connectivity index (χ0v) is 23.5. The Morgan fingerprint density at radius 3 is 2.51 bits per heavy atom. The van der Waals surface area contributed by atoms with Crippen LogP contribution in [0.1, 0.15) is 59.2 Å². The van der Waals surface area contributed by atoms with Crippen molar-refractivity contribution < 1.29 is 9.59 Å². The molecular weight excluding hydrogens is 502 g/mol. The molecule has 3 aromatic carbocycles. The fourth-order valence-corrected chi connectivity index (χ4v) is 6.31. The Morgan fingerprint density at radius 2 is 1.74 bits per heavy atom. The van der Waals surface area contributed by atoms with Gasteiger partial charge in [0.15, 0.2) is 0 Å². The fraction of sp³-hybridized carbons (Fsp3) is 0.333. The third-order valence-corrected chi connectivity index (χ3v) is 8.42. The van der Waals surface area contributed by atoms with Crippen LogP contribution < -0.4 is 10.2 Å². The molecule has 6 heteroatoms. The lowest BCUT2D eigenvalue weighted by Crippen LogP contribution is -2.34. The molecule has 202 valence electrons. The molecule has 0 unspecified atom stereocenters. The number of nitrogens with zero attached hydrogens (tertiary/aromatic N) is 2. The number of amides is 2. The Labute approximate surface area is 236 Å². The largest absolute Gasteiger partial charge is 0.352 e. The highest BCUT2D eigenvalue weighted by Gasteiger charge is 2.30. The minimum atomic E-state index is -0.0905. The van der Waals surface area contributed by atoms with Crippen molar-refractivity contribution in [2.75, 3.05) is 31.1 Å². The number of hydrogen-bond acceptors (Lipinski definition) is 4. The van der Waals surface area contributed by atoms with Crippen LogP contribution in [0.2, 0.25) is 0 Å². The number of thioether (sulfide) groups is 1. The van der Waals surface area contributed by atoms with Crippen molar-refractivity contribution in [2.45, 2.75) is 50.5 Å². The van der Waals surface area contributed by atoms with Gasteiger partial charge in [-0.15, -0.1) is 0 Å². The number of nitrogens with one attached hydrogen (secondary N) is 1. The molecule has 0 radical (unpaired) electrons. The molecule has 5 nitrogen and oxygen atoms in total. The van der Waals surface area contributed by atoms with Gasteiger partial charge in [0, 0.05) is 17.0 Å². The van der Waals surface area contributed by atoms with Gasteiger partial charge in [-0.25, -0.2) is 0 Å². The number of aryl methyl sites for hydroxylation is 1. The Balaban J connectivity index is 1.33. The van der Waals surface area contributed by atoms with Crippen LogP contribution in [0.15, 0.2) is 82.6 Å². The first-order chi connectivity index (χ1) is 19.1. The summed E-state index contributed by atoms with van der Waals surface area (Å²) in [5.74, 6) is -0.139. The minimum Gasteiger partial charge on any atom is -0.352 e. The molecule has 0 atom stereocenters. The zero-order chi connectivity index (χ0) is 27.0. The van der Waals surface area contributed by atoms with Crippen molar-refractivity contribution in [1.82, 2.24) is 10.2 Å². The van der Waals surface area contributed by atoms with Crippen LogP contribution in [-0.2, 0) is 11.3 Å². The Kier molecular flexibility index (Phi) is 9.17. The molecule has 2 aliphatic rings. The van der Waals surface area contributed by atoms with E-state index in [4.69, 9.17) is 0 Å². The van der Waals surface area contributed by atoms with E-state index in [-0.39, 0.29) is 11.8 Å². The summed E-state index contributed by atoms with van der Waals surface area (Å²) in [6.45, 7) is 6.51. The number of fused-ring (bicyclic) bond motifs is 1. The van der Waals surface area contributed by atoms with Gasteiger partial charge in [0.05, 0.1) is 17.1 Å². The molecule has 2 aliphatic heterocycles. The van der Waals surface area contributed by atoms with E-state index < -0.39 is 0 Å². The van der Waals surface area contributed by atoms with Gasteiger partial charge in [-0.2, -0.15) is 0 Å². The molecule has 1 N–H and O–H groups in total. The number of benzene rings is 3. The van der Waals surface area contributed by atoms with E-state index in [9.17, 15) is 9.59 Å². The molecule has 39 heavy (non-hydrogen) atoms. The molecule has 2 heterocycles. The molecule has 2 amide bonds. The lowest BCUT2D eigenvalue weighted by Gasteiger charge is -2.31. The van der Waals surface area contributed by atoms with Crippen LogP contribution in [0, 0.1) is 6.92 Å². The van der Waals surface area contributed by atoms with Gasteiger partial charge >= 0.3 is 0 Å². The lowest BCUT2D eigenvalue weighted by molar-refractivity contribution is -0.114. The summed E-state index contributed by atoms with van der Waals surface area (Å²) in [4.78, 5) is 32.8. The lowest BCUT2D eigenvalue weighted by atomic mass is 10.1. The molecule has 3 aromatic rings. The van der Waals surface area contributed by atoms with Gasteiger partial charge in [0.25, 0.3) is 11.8 Å². The second-order valence-electron chi connectivity index (χ2n) is 10.4. The summed E-state index contributed by atoms with van der Waals surface area (Å²) in [5, 5.41) is 3.10. The van der Waals surface area contributed by atoms with Crippen molar-refractivity contribution in [3.63, 3.8) is 0 Å². The Hall–Kier alpha value is -3.35. The van der Waals surface area contributed by atoms with E-state index in [1.807, 2.05) is 71.6 Å². The standard InChI is InChI=1S/C33H37N3O2S/c1-25-11-9-14-27(21-25)24-36-29-23-28(32(37)34-17-10-20-35-18-7-2-3-8-19-35)15-16-30(29)39-31(33(36)38)22-26-12-5-4-6-13-26/h4-6,9,11-16,21-23H,2-3,7-8,10,17-20,24H2,1H3,(H,34,37)/b31-22-. The molecule has 0 aromatic heterocycles. The molecular formula is C33H37N3O2S. The fourth-order valence-electron chi connectivity index (χ4n) is 5.27. The van der Waals surface area contributed by atoms with Gasteiger partial charge in [-0.3, -0.25) is 9.59 Å². The summed E-state index contributed by atoms with van der Waals surface area (Å²) < 4.78 is 0. The molecule has 0 spiro atoms. The average Bonchev–Trinajstić information content (AvgIpc) is 3.22. The van der Waals surface area contributed by atoms with E-state index in [1.54, 1.807) is 0 Å². The van der Waals surface area contributed by atoms with Gasteiger partial charge in [0.1, 0.15) is 0 Å². The maximum atomic E-state index is 13.8. The van der Waals surface area contributed by atoms with Gasteiger partial charge in [0.2, 0.25) is 0 Å². The van der Waals surface area contributed by atoms with Crippen LogP contribution in [0.5, 0.6) is 0 Å². The summed E-state index contributed by atoms with van der Waals surface area (Å²) in [6, 6.07) is 23.9. The first-order valence-corrected chi connectivity index (χ1v) is 14.8. The van der Waals surface area contributed by atoms with Gasteiger partial charge < -0.3 is 15.1 Å². The van der Waals surface area contributed by atoms with Crippen LogP contribution in [0.3, 0.4) is 0 Å². The normalized spacial score (nSPS) is 17.1. The van der Waals surface area contributed by atoms with E-state index in [0.29, 0.717) is 23.6 Å². The number of rotatable bonds is 8. The maximum absolute atomic E-state index is 13.8. The Bertz CT molecular complexity index is 1330. The summed E-state index contributed by atoms with van der Waals surface area (Å²) in [5.41, 5.74) is 4.57. The molecule has 5 rings (SSSR count). The predicted octanol–water partition coefficient (Wildman–Crippen LogP) is 6.67. The number of likely N-dealkylation sites (tertiary alicyclic amines) is 1. The highest BCUT2D eigenvalue weighted by molar-refractivity contribution is 8.04. The third-order valence-electron chi connectivity index (χ3n) is 7.34. The first kappa shape index (κ1) is 27.2.